The van der Waals surface area contributed by atoms with Gasteiger partial charge in [-0.05, 0) is 91.7 Å². The number of methoxy groups -OCH3 is 1. The number of hydrogen-bond donors (Lipinski definition) is 2. The lowest BCUT2D eigenvalue weighted by atomic mass is 9.97. The quantitative estimate of drug-likeness (QED) is 0.220. The number of amides is 2. The average Bonchev–Trinajstić information content (AvgIpc) is 3.44. The maximum atomic E-state index is 13.9. The average molecular weight is 586 g/mol. The number of hydrogen-bond acceptors (Lipinski definition) is 7. The Labute approximate surface area is 250 Å². The minimum Gasteiger partial charge on any atom is -0.465 e. The normalized spacial score (nSPS) is 15.9. The number of carbonyl (C=O) groups is 3. The Morgan fingerprint density at radius 2 is 1.67 bits per heavy atom. The fraction of sp³-hybridized carbons (Fsp3) is 0.303. The van der Waals surface area contributed by atoms with Gasteiger partial charge in [0.1, 0.15) is 5.82 Å². The van der Waals surface area contributed by atoms with Crippen molar-refractivity contribution in [1.82, 2.24) is 9.80 Å². The largest absolute Gasteiger partial charge is 0.465 e. The van der Waals surface area contributed by atoms with Gasteiger partial charge in [-0.15, -0.1) is 0 Å². The van der Waals surface area contributed by atoms with Crippen LogP contribution in [0.1, 0.15) is 34.0 Å². The third-order valence-electron chi connectivity index (χ3n) is 8.07. The van der Waals surface area contributed by atoms with Gasteiger partial charge in [0.15, 0.2) is 0 Å². The van der Waals surface area contributed by atoms with Crippen molar-refractivity contribution in [3.8, 4) is 0 Å². The molecule has 0 bridgehead atoms. The lowest BCUT2D eigenvalue weighted by Crippen LogP contribution is -2.48. The van der Waals surface area contributed by atoms with Crippen molar-refractivity contribution in [3.63, 3.8) is 0 Å². The Balaban J connectivity index is 1.45. The van der Waals surface area contributed by atoms with Crippen LogP contribution in [0.2, 0.25) is 0 Å². The van der Waals surface area contributed by atoms with Crippen molar-refractivity contribution in [2.45, 2.75) is 13.3 Å². The highest BCUT2D eigenvalue weighted by Gasteiger charge is 2.27. The van der Waals surface area contributed by atoms with Gasteiger partial charge in [0.05, 0.1) is 19.2 Å². The molecule has 0 aromatic heterocycles. The predicted molar refractivity (Wildman–Crippen MR) is 166 cm³/mol. The lowest BCUT2D eigenvalue weighted by Gasteiger charge is -2.32. The van der Waals surface area contributed by atoms with Crippen LogP contribution in [0.5, 0.6) is 0 Å². The van der Waals surface area contributed by atoms with Crippen LogP contribution >= 0.6 is 0 Å². The molecule has 0 spiro atoms. The fourth-order valence-electron chi connectivity index (χ4n) is 5.60. The predicted octanol–water partition coefficient (Wildman–Crippen LogP) is 4.32. The monoisotopic (exact) mass is 585 g/mol. The first kappa shape index (κ1) is 29.9. The van der Waals surface area contributed by atoms with E-state index in [1.54, 1.807) is 30.3 Å². The summed E-state index contributed by atoms with van der Waals surface area (Å²) < 4.78 is 18.7. The number of likely N-dealkylation sites (N-methyl/N-ethyl adjacent to an activating group) is 1. The highest BCUT2D eigenvalue weighted by atomic mass is 19.1. The number of fused-ring (bicyclic) bond motifs is 1. The van der Waals surface area contributed by atoms with Gasteiger partial charge in [-0.2, -0.15) is 0 Å². The number of nitrogens with zero attached hydrogens (tertiary/aromatic N) is 3. The van der Waals surface area contributed by atoms with Crippen LogP contribution in [-0.4, -0.2) is 81.5 Å². The maximum absolute atomic E-state index is 13.9. The summed E-state index contributed by atoms with van der Waals surface area (Å²) in [4.78, 5) is 43.1. The molecule has 1 fully saturated rings. The zero-order valence-corrected chi connectivity index (χ0v) is 24.7. The molecule has 43 heavy (non-hydrogen) atoms. The van der Waals surface area contributed by atoms with Gasteiger partial charge >= 0.3 is 5.97 Å². The molecule has 5 rings (SSSR count). The highest BCUT2D eigenvalue weighted by molar-refractivity contribution is 6.01. The Kier molecular flexibility index (Phi) is 9.18. The van der Waals surface area contributed by atoms with E-state index < -0.39 is 5.97 Å². The van der Waals surface area contributed by atoms with E-state index >= 15 is 0 Å². The van der Waals surface area contributed by atoms with E-state index in [0.29, 0.717) is 42.0 Å². The molecule has 0 atom stereocenters. The van der Waals surface area contributed by atoms with Crippen LogP contribution in [0, 0.1) is 5.82 Å². The van der Waals surface area contributed by atoms with Gasteiger partial charge in [-0.25, -0.2) is 9.18 Å². The molecule has 0 aliphatic carbocycles. The minimum atomic E-state index is -0.520. The third kappa shape index (κ3) is 6.76. The number of allylic oxidation sites excluding steroid dienone is 1. The molecule has 3 aromatic carbocycles. The van der Waals surface area contributed by atoms with E-state index in [2.05, 4.69) is 27.5 Å². The first-order chi connectivity index (χ1) is 20.8. The van der Waals surface area contributed by atoms with Gasteiger partial charge < -0.3 is 25.2 Å². The van der Waals surface area contributed by atoms with Gasteiger partial charge in [0.25, 0.3) is 0 Å². The van der Waals surface area contributed by atoms with Gasteiger partial charge in [-0.1, -0.05) is 6.07 Å². The molecular weight excluding hydrogens is 549 g/mol. The SMILES string of the molecule is COC(=O)c1ccc(/C(C)=C(/Nc2ccc3c(c2)CCN3C(=O)CN2CCN(C)CC2)c2ccc(F)cc2)c(NC=O)c1. The van der Waals surface area contributed by atoms with Crippen LogP contribution in [-0.2, 0) is 20.7 Å². The summed E-state index contributed by atoms with van der Waals surface area (Å²) in [5, 5.41) is 6.19. The number of carbonyl (C=O) groups excluding carboxylic acids is 3. The lowest BCUT2D eigenvalue weighted by molar-refractivity contribution is -0.120. The van der Waals surface area contributed by atoms with E-state index in [1.807, 2.05) is 30.0 Å². The topological polar surface area (TPSA) is 94.2 Å². The summed E-state index contributed by atoms with van der Waals surface area (Å²) in [7, 11) is 3.39. The number of piperazine rings is 1. The summed E-state index contributed by atoms with van der Waals surface area (Å²) in [5.74, 6) is -0.768. The van der Waals surface area contributed by atoms with Crippen molar-refractivity contribution < 1.29 is 23.5 Å². The summed E-state index contributed by atoms with van der Waals surface area (Å²) in [5.41, 5.74) is 6.39. The summed E-state index contributed by atoms with van der Waals surface area (Å²) in [6.45, 7) is 6.64. The Morgan fingerprint density at radius 1 is 0.953 bits per heavy atom. The molecule has 2 aliphatic rings. The molecule has 0 saturated carbocycles. The van der Waals surface area contributed by atoms with E-state index in [1.165, 1.54) is 19.2 Å². The molecule has 2 aliphatic heterocycles. The molecule has 224 valence electrons. The van der Waals surface area contributed by atoms with Crippen molar-refractivity contribution in [1.29, 1.82) is 0 Å². The number of rotatable bonds is 9. The number of ether oxygens (including phenoxy) is 1. The first-order valence-electron chi connectivity index (χ1n) is 14.3. The highest BCUT2D eigenvalue weighted by Crippen LogP contribution is 2.35. The minimum absolute atomic E-state index is 0.109. The van der Waals surface area contributed by atoms with Crippen molar-refractivity contribution in [2.24, 2.45) is 0 Å². The zero-order chi connectivity index (χ0) is 30.5. The first-order valence-corrected chi connectivity index (χ1v) is 14.3. The van der Waals surface area contributed by atoms with Gasteiger partial charge in [0.2, 0.25) is 12.3 Å². The molecule has 0 unspecified atom stereocenters. The van der Waals surface area contributed by atoms with Crippen LogP contribution < -0.4 is 15.5 Å². The Morgan fingerprint density at radius 3 is 2.37 bits per heavy atom. The molecule has 2 N–H and O–H groups in total. The van der Waals surface area contributed by atoms with Crippen LogP contribution in [0.25, 0.3) is 11.3 Å². The van der Waals surface area contributed by atoms with Gasteiger partial charge in [-0.3, -0.25) is 14.5 Å². The van der Waals surface area contributed by atoms with E-state index in [0.717, 1.165) is 60.7 Å². The van der Waals surface area contributed by atoms with Crippen LogP contribution in [0.15, 0.2) is 60.7 Å². The van der Waals surface area contributed by atoms with Crippen molar-refractivity contribution in [3.05, 3.63) is 88.7 Å². The summed E-state index contributed by atoms with van der Waals surface area (Å²) >= 11 is 0. The molecule has 1 saturated heterocycles. The van der Waals surface area contributed by atoms with E-state index in [9.17, 15) is 18.8 Å². The van der Waals surface area contributed by atoms with Gasteiger partial charge in [0, 0.05) is 61.0 Å². The molecule has 10 heteroatoms. The smallest absolute Gasteiger partial charge is 0.337 e. The molecule has 9 nitrogen and oxygen atoms in total. The van der Waals surface area contributed by atoms with E-state index in [-0.39, 0.29) is 11.7 Å². The van der Waals surface area contributed by atoms with Crippen molar-refractivity contribution >= 4 is 46.6 Å². The van der Waals surface area contributed by atoms with Crippen molar-refractivity contribution in [2.75, 3.05) is 69.0 Å². The fourth-order valence-corrected chi connectivity index (χ4v) is 5.60. The standard InChI is InChI=1S/C33H36FN5O4/c1-22(28-10-6-25(33(42)43-3)19-29(28)35-21-40)32(23-4-7-26(34)8-5-23)36-27-9-11-30-24(18-27)12-13-39(30)31(41)20-38-16-14-37(2)15-17-38/h4-11,18-19,21,36H,12-17,20H2,1-3H3,(H,35,40)/b32-22+. The summed E-state index contributed by atoms with van der Waals surface area (Å²) in [6, 6.07) is 17.0. The number of benzene rings is 3. The molecule has 2 amide bonds. The molecule has 0 radical (unpaired) electrons. The summed E-state index contributed by atoms with van der Waals surface area (Å²) in [6.07, 6.45) is 1.30. The Bertz CT molecular complexity index is 1550. The Hall–Kier alpha value is -4.54. The number of anilines is 3. The maximum Gasteiger partial charge on any atom is 0.337 e. The second-order valence-electron chi connectivity index (χ2n) is 10.9. The number of esters is 1. The molecular formula is C33H36FN5O4. The van der Waals surface area contributed by atoms with Crippen LogP contribution in [0.4, 0.5) is 21.5 Å². The second kappa shape index (κ2) is 13.2. The zero-order valence-electron chi connectivity index (χ0n) is 24.7. The molecule has 2 heterocycles. The molecule has 3 aromatic rings. The van der Waals surface area contributed by atoms with Crippen LogP contribution in [0.3, 0.4) is 0 Å². The van der Waals surface area contributed by atoms with E-state index in [4.69, 9.17) is 4.74 Å². The third-order valence-corrected chi connectivity index (χ3v) is 8.07. The number of nitrogens with one attached hydrogen (secondary N) is 2. The second-order valence-corrected chi connectivity index (χ2v) is 10.9. The number of halogens is 1.